The zero-order valence-electron chi connectivity index (χ0n) is 5.88. The normalized spacial score (nSPS) is 10.4. The summed E-state index contributed by atoms with van der Waals surface area (Å²) in [5.41, 5.74) is 0. The molecule has 5 heteroatoms. The van der Waals surface area contributed by atoms with Crippen molar-refractivity contribution in [2.24, 2.45) is 0 Å². The molecule has 1 aromatic heterocycles. The van der Waals surface area contributed by atoms with Gasteiger partial charge in [-0.1, -0.05) is 11.6 Å². The molecule has 0 aliphatic rings. The molecule has 0 amide bonds. The quantitative estimate of drug-likeness (QED) is 0.697. The molecule has 0 saturated carbocycles. The molecule has 1 aromatic rings. The zero-order chi connectivity index (χ0) is 8.10. The van der Waals surface area contributed by atoms with Crippen molar-refractivity contribution in [1.29, 1.82) is 0 Å². The number of hydrogen-bond donors (Lipinski definition) is 2. The molecular weight excluding hydrogens is 184 g/mol. The van der Waals surface area contributed by atoms with E-state index >= 15 is 0 Å². The van der Waals surface area contributed by atoms with Crippen molar-refractivity contribution >= 4 is 22.9 Å². The Morgan fingerprint density at radius 2 is 2.55 bits per heavy atom. The summed E-state index contributed by atoms with van der Waals surface area (Å²) in [5, 5.41) is 11.5. The maximum atomic E-state index is 8.45. The second-order valence-corrected chi connectivity index (χ2v) is 3.68. The van der Waals surface area contributed by atoms with Crippen LogP contribution in [0.25, 0.3) is 0 Å². The Balaban J connectivity index is 2.27. The molecule has 0 bridgehead atoms. The summed E-state index contributed by atoms with van der Waals surface area (Å²) in [6.07, 6.45) is 1.73. The summed E-state index contributed by atoms with van der Waals surface area (Å²) in [5.74, 6) is 0. The van der Waals surface area contributed by atoms with E-state index in [1.165, 1.54) is 11.3 Å². The first kappa shape index (κ1) is 8.93. The highest BCUT2D eigenvalue weighted by Crippen LogP contribution is 2.16. The predicted octanol–water partition coefficient (Wildman–Crippen LogP) is 0.878. The van der Waals surface area contributed by atoms with Gasteiger partial charge in [-0.3, -0.25) is 0 Å². The summed E-state index contributed by atoms with van der Waals surface area (Å²) in [6.45, 7) is 1.49. The fraction of sp³-hybridized carbons (Fsp3) is 0.500. The largest absolute Gasteiger partial charge is 0.395 e. The lowest BCUT2D eigenvalue weighted by atomic mass is 10.5. The van der Waals surface area contributed by atoms with Crippen LogP contribution in [-0.2, 0) is 6.54 Å². The number of aliphatic hydroxyl groups is 1. The molecular formula is C6H9ClN2OS. The van der Waals surface area contributed by atoms with Gasteiger partial charge >= 0.3 is 0 Å². The highest BCUT2D eigenvalue weighted by molar-refractivity contribution is 7.15. The smallest absolute Gasteiger partial charge is 0.183 e. The summed E-state index contributed by atoms with van der Waals surface area (Å²) >= 11 is 7.05. The van der Waals surface area contributed by atoms with E-state index in [2.05, 4.69) is 10.3 Å². The minimum atomic E-state index is 0.159. The number of nitrogens with zero attached hydrogens (tertiary/aromatic N) is 1. The van der Waals surface area contributed by atoms with Crippen molar-refractivity contribution in [3.8, 4) is 0 Å². The third kappa shape index (κ3) is 3.16. The highest BCUT2D eigenvalue weighted by Gasteiger charge is 1.97. The molecule has 0 unspecified atom stereocenters. The van der Waals surface area contributed by atoms with E-state index in [4.69, 9.17) is 16.7 Å². The average molecular weight is 193 g/mol. The standard InChI is InChI=1S/C6H9ClN2OS/c7-6-9-4-5(11-6)3-8-1-2-10/h4,8,10H,1-3H2. The van der Waals surface area contributed by atoms with Crippen LogP contribution in [0, 0.1) is 0 Å². The zero-order valence-corrected chi connectivity index (χ0v) is 7.45. The lowest BCUT2D eigenvalue weighted by molar-refractivity contribution is 0.292. The molecule has 0 saturated heterocycles. The van der Waals surface area contributed by atoms with E-state index in [1.54, 1.807) is 6.20 Å². The van der Waals surface area contributed by atoms with Crippen molar-refractivity contribution in [3.63, 3.8) is 0 Å². The highest BCUT2D eigenvalue weighted by atomic mass is 35.5. The van der Waals surface area contributed by atoms with E-state index < -0.39 is 0 Å². The van der Waals surface area contributed by atoms with Crippen LogP contribution in [0.1, 0.15) is 4.88 Å². The van der Waals surface area contributed by atoms with Crippen molar-refractivity contribution in [2.75, 3.05) is 13.2 Å². The SMILES string of the molecule is OCCNCc1cnc(Cl)s1. The molecule has 0 aromatic carbocycles. The molecule has 1 heterocycles. The Hall–Kier alpha value is -0.160. The van der Waals surface area contributed by atoms with Crippen molar-refractivity contribution in [1.82, 2.24) is 10.3 Å². The summed E-state index contributed by atoms with van der Waals surface area (Å²) in [6, 6.07) is 0. The van der Waals surface area contributed by atoms with Gasteiger partial charge < -0.3 is 10.4 Å². The number of thiazole rings is 1. The van der Waals surface area contributed by atoms with Crippen molar-refractivity contribution < 1.29 is 5.11 Å². The lowest BCUT2D eigenvalue weighted by Gasteiger charge is -1.96. The minimum Gasteiger partial charge on any atom is -0.395 e. The van der Waals surface area contributed by atoms with E-state index in [-0.39, 0.29) is 6.61 Å². The maximum absolute atomic E-state index is 8.45. The van der Waals surface area contributed by atoms with Crippen molar-refractivity contribution in [2.45, 2.75) is 6.54 Å². The van der Waals surface area contributed by atoms with E-state index in [1.807, 2.05) is 0 Å². The number of rotatable bonds is 4. The van der Waals surface area contributed by atoms with Crippen LogP contribution in [-0.4, -0.2) is 23.2 Å². The Kier molecular flexibility index (Phi) is 3.79. The van der Waals surface area contributed by atoms with Gasteiger partial charge in [0.2, 0.25) is 0 Å². The first-order valence-corrected chi connectivity index (χ1v) is 4.44. The van der Waals surface area contributed by atoms with Gasteiger partial charge in [-0.15, -0.1) is 11.3 Å². The lowest BCUT2D eigenvalue weighted by Crippen LogP contribution is -2.16. The van der Waals surface area contributed by atoms with E-state index in [0.29, 0.717) is 11.0 Å². The number of hydrogen-bond acceptors (Lipinski definition) is 4. The van der Waals surface area contributed by atoms with Gasteiger partial charge in [-0.25, -0.2) is 4.98 Å². The second-order valence-electron chi connectivity index (χ2n) is 1.98. The molecule has 0 radical (unpaired) electrons. The Morgan fingerprint density at radius 1 is 1.73 bits per heavy atom. The molecule has 0 fully saturated rings. The van der Waals surface area contributed by atoms with Crippen LogP contribution in [0.2, 0.25) is 4.47 Å². The predicted molar refractivity (Wildman–Crippen MR) is 45.9 cm³/mol. The molecule has 0 atom stereocenters. The minimum absolute atomic E-state index is 0.159. The van der Waals surface area contributed by atoms with Gasteiger partial charge in [0, 0.05) is 24.2 Å². The number of aromatic nitrogens is 1. The molecule has 11 heavy (non-hydrogen) atoms. The van der Waals surface area contributed by atoms with Gasteiger partial charge in [0.25, 0.3) is 0 Å². The van der Waals surface area contributed by atoms with Crippen LogP contribution >= 0.6 is 22.9 Å². The van der Waals surface area contributed by atoms with Crippen molar-refractivity contribution in [3.05, 3.63) is 15.5 Å². The first-order chi connectivity index (χ1) is 5.33. The van der Waals surface area contributed by atoms with Crippen LogP contribution in [0.4, 0.5) is 0 Å². The first-order valence-electron chi connectivity index (χ1n) is 3.24. The van der Waals surface area contributed by atoms with E-state index in [9.17, 15) is 0 Å². The molecule has 0 spiro atoms. The van der Waals surface area contributed by atoms with Gasteiger partial charge in [-0.2, -0.15) is 0 Å². The van der Waals surface area contributed by atoms with Crippen LogP contribution in [0.15, 0.2) is 6.20 Å². The molecule has 2 N–H and O–H groups in total. The number of halogens is 1. The molecule has 0 aliphatic carbocycles. The number of nitrogens with one attached hydrogen (secondary N) is 1. The molecule has 0 aliphatic heterocycles. The molecule has 3 nitrogen and oxygen atoms in total. The number of aliphatic hydroxyl groups excluding tert-OH is 1. The van der Waals surface area contributed by atoms with Crippen LogP contribution in [0.5, 0.6) is 0 Å². The third-order valence-corrected chi connectivity index (χ3v) is 2.23. The van der Waals surface area contributed by atoms with Gasteiger partial charge in [0.05, 0.1) is 6.61 Å². The Labute approximate surface area is 74.0 Å². The Morgan fingerprint density at radius 3 is 3.09 bits per heavy atom. The monoisotopic (exact) mass is 192 g/mol. The average Bonchev–Trinajstić information content (AvgIpc) is 2.37. The topological polar surface area (TPSA) is 45.1 Å². The second kappa shape index (κ2) is 4.66. The summed E-state index contributed by atoms with van der Waals surface area (Å²) in [4.78, 5) is 4.96. The molecule has 1 rings (SSSR count). The van der Waals surface area contributed by atoms with Gasteiger partial charge in [-0.05, 0) is 0 Å². The van der Waals surface area contributed by atoms with Crippen LogP contribution < -0.4 is 5.32 Å². The fourth-order valence-corrected chi connectivity index (χ4v) is 1.60. The Bertz CT molecular complexity index is 216. The fourth-order valence-electron chi connectivity index (χ4n) is 0.656. The molecule has 62 valence electrons. The summed E-state index contributed by atoms with van der Waals surface area (Å²) < 4.78 is 0.561. The maximum Gasteiger partial charge on any atom is 0.183 e. The van der Waals surface area contributed by atoms with Gasteiger partial charge in [0.1, 0.15) is 0 Å². The van der Waals surface area contributed by atoms with E-state index in [0.717, 1.165) is 11.4 Å². The van der Waals surface area contributed by atoms with Crippen LogP contribution in [0.3, 0.4) is 0 Å². The third-order valence-electron chi connectivity index (χ3n) is 1.11. The summed E-state index contributed by atoms with van der Waals surface area (Å²) in [7, 11) is 0. The van der Waals surface area contributed by atoms with Gasteiger partial charge in [0.15, 0.2) is 4.47 Å².